The van der Waals surface area contributed by atoms with E-state index in [9.17, 15) is 5.11 Å². The van der Waals surface area contributed by atoms with Crippen LogP contribution in [0, 0.1) is 0 Å². The quantitative estimate of drug-likeness (QED) is 0.560. The summed E-state index contributed by atoms with van der Waals surface area (Å²) in [6, 6.07) is 4.94. The molecule has 0 aliphatic carbocycles. The molecule has 0 saturated heterocycles. The number of phenolic OH excluding ortho intramolecular Hbond substituents is 2. The van der Waals surface area contributed by atoms with Gasteiger partial charge in [-0.1, -0.05) is 6.07 Å². The van der Waals surface area contributed by atoms with Gasteiger partial charge in [-0.3, -0.25) is 0 Å². The van der Waals surface area contributed by atoms with Crippen LogP contribution in [0.1, 0.15) is 18.4 Å². The molecule has 14 heavy (non-hydrogen) atoms. The first-order chi connectivity index (χ1) is 6.74. The molecular formula is C11H16O3. The van der Waals surface area contributed by atoms with E-state index in [1.165, 1.54) is 6.07 Å². The molecule has 1 aromatic carbocycles. The van der Waals surface area contributed by atoms with Gasteiger partial charge in [-0.2, -0.15) is 0 Å². The molecule has 0 aliphatic heterocycles. The van der Waals surface area contributed by atoms with Crippen LogP contribution in [0.25, 0.3) is 0 Å². The van der Waals surface area contributed by atoms with Crippen LogP contribution in [-0.2, 0) is 11.2 Å². The van der Waals surface area contributed by atoms with Gasteiger partial charge in [0.25, 0.3) is 0 Å². The number of hydrogen-bond donors (Lipinski definition) is 2. The Bertz CT molecular complexity index is 284. The highest BCUT2D eigenvalue weighted by Gasteiger charge is 2.00. The Labute approximate surface area is 84.0 Å². The summed E-state index contributed by atoms with van der Waals surface area (Å²) in [7, 11) is 1.69. The van der Waals surface area contributed by atoms with E-state index in [1.54, 1.807) is 13.2 Å². The summed E-state index contributed by atoms with van der Waals surface area (Å²) in [6.07, 6.45) is 2.94. The molecule has 0 atom stereocenters. The van der Waals surface area contributed by atoms with Crippen LogP contribution in [0.4, 0.5) is 0 Å². The van der Waals surface area contributed by atoms with E-state index in [-0.39, 0.29) is 11.5 Å². The van der Waals surface area contributed by atoms with Crippen molar-refractivity contribution in [2.75, 3.05) is 13.7 Å². The number of rotatable bonds is 5. The third-order valence-electron chi connectivity index (χ3n) is 2.10. The molecule has 2 N–H and O–H groups in total. The minimum atomic E-state index is -0.0642. The SMILES string of the molecule is COCCCCc1ccc(O)c(O)c1. The lowest BCUT2D eigenvalue weighted by molar-refractivity contribution is 0.193. The number of aryl methyl sites for hydroxylation is 1. The molecule has 0 aromatic heterocycles. The minimum Gasteiger partial charge on any atom is -0.504 e. The molecule has 1 aromatic rings. The van der Waals surface area contributed by atoms with Gasteiger partial charge < -0.3 is 14.9 Å². The van der Waals surface area contributed by atoms with Crippen molar-refractivity contribution in [2.24, 2.45) is 0 Å². The summed E-state index contributed by atoms with van der Waals surface area (Å²) in [6.45, 7) is 0.768. The van der Waals surface area contributed by atoms with E-state index >= 15 is 0 Å². The summed E-state index contributed by atoms with van der Waals surface area (Å²) in [5.41, 5.74) is 1.04. The zero-order chi connectivity index (χ0) is 10.4. The molecule has 3 heteroatoms. The Morgan fingerprint density at radius 2 is 1.93 bits per heavy atom. The van der Waals surface area contributed by atoms with Gasteiger partial charge in [0.15, 0.2) is 11.5 Å². The van der Waals surface area contributed by atoms with Gasteiger partial charge in [0.1, 0.15) is 0 Å². The summed E-state index contributed by atoms with van der Waals surface area (Å²) >= 11 is 0. The second-order valence-electron chi connectivity index (χ2n) is 3.27. The first kappa shape index (κ1) is 10.9. The Hall–Kier alpha value is -1.22. The highest BCUT2D eigenvalue weighted by atomic mass is 16.5. The smallest absolute Gasteiger partial charge is 0.157 e. The molecule has 0 saturated carbocycles. The highest BCUT2D eigenvalue weighted by molar-refractivity contribution is 5.40. The van der Waals surface area contributed by atoms with Crippen molar-refractivity contribution in [1.29, 1.82) is 0 Å². The van der Waals surface area contributed by atoms with E-state index in [4.69, 9.17) is 9.84 Å². The summed E-state index contributed by atoms with van der Waals surface area (Å²) in [5.74, 6) is -0.111. The van der Waals surface area contributed by atoms with E-state index in [2.05, 4.69) is 0 Å². The fourth-order valence-corrected chi connectivity index (χ4v) is 1.30. The van der Waals surface area contributed by atoms with Crippen molar-refractivity contribution >= 4 is 0 Å². The average molecular weight is 196 g/mol. The zero-order valence-corrected chi connectivity index (χ0v) is 8.36. The average Bonchev–Trinajstić information content (AvgIpc) is 2.18. The van der Waals surface area contributed by atoms with Crippen molar-refractivity contribution < 1.29 is 14.9 Å². The fourth-order valence-electron chi connectivity index (χ4n) is 1.30. The lowest BCUT2D eigenvalue weighted by atomic mass is 10.1. The second kappa shape index (κ2) is 5.50. The number of methoxy groups -OCH3 is 1. The molecule has 0 aliphatic rings. The number of phenols is 2. The Balaban J connectivity index is 2.39. The largest absolute Gasteiger partial charge is 0.504 e. The first-order valence-electron chi connectivity index (χ1n) is 4.74. The van der Waals surface area contributed by atoms with Crippen LogP contribution in [0.5, 0.6) is 11.5 Å². The maximum absolute atomic E-state index is 9.23. The highest BCUT2D eigenvalue weighted by Crippen LogP contribution is 2.25. The summed E-state index contributed by atoms with van der Waals surface area (Å²) in [4.78, 5) is 0. The third-order valence-corrected chi connectivity index (χ3v) is 2.10. The van der Waals surface area contributed by atoms with Crippen molar-refractivity contribution in [3.63, 3.8) is 0 Å². The van der Waals surface area contributed by atoms with Gasteiger partial charge in [0.05, 0.1) is 0 Å². The van der Waals surface area contributed by atoms with Crippen molar-refractivity contribution in [3.8, 4) is 11.5 Å². The number of ether oxygens (including phenoxy) is 1. The molecule has 0 unspecified atom stereocenters. The Morgan fingerprint density at radius 1 is 1.14 bits per heavy atom. The van der Waals surface area contributed by atoms with Gasteiger partial charge in [-0.25, -0.2) is 0 Å². The third kappa shape index (κ3) is 3.26. The molecule has 0 radical (unpaired) electrons. The molecule has 0 amide bonds. The van der Waals surface area contributed by atoms with Crippen LogP contribution in [-0.4, -0.2) is 23.9 Å². The maximum Gasteiger partial charge on any atom is 0.157 e. The van der Waals surface area contributed by atoms with Gasteiger partial charge >= 0.3 is 0 Å². The summed E-state index contributed by atoms with van der Waals surface area (Å²) in [5, 5.41) is 18.3. The summed E-state index contributed by atoms with van der Waals surface area (Å²) < 4.78 is 4.93. The van der Waals surface area contributed by atoms with Crippen LogP contribution < -0.4 is 0 Å². The van der Waals surface area contributed by atoms with E-state index in [0.717, 1.165) is 31.4 Å². The van der Waals surface area contributed by atoms with Crippen LogP contribution in [0.3, 0.4) is 0 Å². The van der Waals surface area contributed by atoms with E-state index < -0.39 is 0 Å². The predicted octanol–water partition coefficient (Wildman–Crippen LogP) is 2.07. The Morgan fingerprint density at radius 3 is 2.57 bits per heavy atom. The molecule has 0 heterocycles. The molecule has 3 nitrogen and oxygen atoms in total. The number of unbranched alkanes of at least 4 members (excludes halogenated alkanes) is 1. The molecule has 78 valence electrons. The van der Waals surface area contributed by atoms with E-state index in [0.29, 0.717) is 0 Å². The molecular weight excluding hydrogens is 180 g/mol. The van der Waals surface area contributed by atoms with Gasteiger partial charge in [-0.05, 0) is 37.0 Å². The molecule has 0 bridgehead atoms. The molecule has 0 spiro atoms. The van der Waals surface area contributed by atoms with Crippen LogP contribution in [0.2, 0.25) is 0 Å². The van der Waals surface area contributed by atoms with Crippen LogP contribution in [0.15, 0.2) is 18.2 Å². The van der Waals surface area contributed by atoms with Gasteiger partial charge in [0, 0.05) is 13.7 Å². The van der Waals surface area contributed by atoms with Crippen LogP contribution >= 0.6 is 0 Å². The number of aromatic hydroxyl groups is 2. The van der Waals surface area contributed by atoms with Gasteiger partial charge in [-0.15, -0.1) is 0 Å². The molecule has 1 rings (SSSR count). The minimum absolute atomic E-state index is 0.0470. The molecule has 0 fully saturated rings. The normalized spacial score (nSPS) is 10.4. The lowest BCUT2D eigenvalue weighted by Crippen LogP contribution is -1.91. The predicted molar refractivity (Wildman–Crippen MR) is 54.6 cm³/mol. The number of hydrogen-bond acceptors (Lipinski definition) is 3. The number of benzene rings is 1. The second-order valence-corrected chi connectivity index (χ2v) is 3.27. The first-order valence-corrected chi connectivity index (χ1v) is 4.74. The monoisotopic (exact) mass is 196 g/mol. The van der Waals surface area contributed by atoms with Crippen molar-refractivity contribution in [2.45, 2.75) is 19.3 Å². The Kier molecular flexibility index (Phi) is 4.26. The topological polar surface area (TPSA) is 49.7 Å². The van der Waals surface area contributed by atoms with Crippen molar-refractivity contribution in [3.05, 3.63) is 23.8 Å². The fraction of sp³-hybridized carbons (Fsp3) is 0.455. The zero-order valence-electron chi connectivity index (χ0n) is 8.36. The lowest BCUT2D eigenvalue weighted by Gasteiger charge is -2.03. The maximum atomic E-state index is 9.23. The standard InChI is InChI=1S/C11H16O3/c1-14-7-3-2-4-9-5-6-10(12)11(13)8-9/h5-6,8,12-13H,2-4,7H2,1H3. The van der Waals surface area contributed by atoms with Gasteiger partial charge in [0.2, 0.25) is 0 Å². The van der Waals surface area contributed by atoms with Crippen molar-refractivity contribution in [1.82, 2.24) is 0 Å². The van der Waals surface area contributed by atoms with E-state index in [1.807, 2.05) is 6.07 Å².